The van der Waals surface area contributed by atoms with Gasteiger partial charge in [-0.1, -0.05) is 84.9 Å². The van der Waals surface area contributed by atoms with Gasteiger partial charge in [-0.15, -0.1) is 0 Å². The van der Waals surface area contributed by atoms with E-state index in [1.807, 2.05) is 6.07 Å². The second-order valence-electron chi connectivity index (χ2n) is 6.71. The van der Waals surface area contributed by atoms with Crippen LogP contribution in [0.15, 0.2) is 97.1 Å². The first-order valence-electron chi connectivity index (χ1n) is 8.95. The van der Waals surface area contributed by atoms with E-state index in [0.29, 0.717) is 0 Å². The Kier molecular flexibility index (Phi) is 3.54. The van der Waals surface area contributed by atoms with Gasteiger partial charge in [0.15, 0.2) is 0 Å². The normalized spacial score (nSPS) is 11.7. The lowest BCUT2D eigenvalue weighted by Crippen LogP contribution is -1.82. The quantitative estimate of drug-likeness (QED) is 0.235. The van der Waals surface area contributed by atoms with Crippen molar-refractivity contribution in [1.82, 2.24) is 0 Å². The number of benzene rings is 5. The molecule has 0 aromatic heterocycles. The fourth-order valence-electron chi connectivity index (χ4n) is 3.64. The molecule has 0 aliphatic heterocycles. The third kappa shape index (κ3) is 2.66. The molecule has 5 aromatic rings. The van der Waals surface area contributed by atoms with Crippen molar-refractivity contribution in [3.8, 4) is 0 Å². The summed E-state index contributed by atoms with van der Waals surface area (Å²) < 4.78 is 0. The second-order valence-corrected chi connectivity index (χ2v) is 6.71. The SMILES string of the molecule is C(=Cc1cccc2cc3cc4ccccc4cc3cc12)c1ccccc1. The van der Waals surface area contributed by atoms with Gasteiger partial charge in [-0.05, 0) is 67.7 Å². The Labute approximate surface area is 153 Å². The molecule has 0 saturated heterocycles. The number of hydrogen-bond acceptors (Lipinski definition) is 0. The summed E-state index contributed by atoms with van der Waals surface area (Å²) in [4.78, 5) is 0. The van der Waals surface area contributed by atoms with E-state index < -0.39 is 0 Å². The van der Waals surface area contributed by atoms with Gasteiger partial charge in [-0.25, -0.2) is 0 Å². The van der Waals surface area contributed by atoms with Crippen LogP contribution in [0.25, 0.3) is 44.5 Å². The zero-order chi connectivity index (χ0) is 17.3. The summed E-state index contributed by atoms with van der Waals surface area (Å²) in [5, 5.41) is 7.73. The fraction of sp³-hybridized carbons (Fsp3) is 0. The highest BCUT2D eigenvalue weighted by Gasteiger charge is 2.03. The summed E-state index contributed by atoms with van der Waals surface area (Å²) in [6.07, 6.45) is 4.39. The Morgan fingerprint density at radius 2 is 1.04 bits per heavy atom. The molecule has 122 valence electrons. The minimum atomic E-state index is 1.22. The van der Waals surface area contributed by atoms with Crippen molar-refractivity contribution in [3.05, 3.63) is 108 Å². The zero-order valence-electron chi connectivity index (χ0n) is 14.4. The highest BCUT2D eigenvalue weighted by molar-refractivity contribution is 6.06. The Balaban J connectivity index is 1.70. The van der Waals surface area contributed by atoms with Crippen LogP contribution in [0.2, 0.25) is 0 Å². The van der Waals surface area contributed by atoms with E-state index in [9.17, 15) is 0 Å². The molecule has 0 spiro atoms. The maximum absolute atomic E-state index is 2.32. The van der Waals surface area contributed by atoms with Gasteiger partial charge in [-0.3, -0.25) is 0 Å². The standard InChI is InChI=1S/C26H18/c1-2-7-19(8-3-1)13-14-20-11-6-12-23-17-24-15-21-9-4-5-10-22(21)16-25(24)18-26(20)23/h1-18H. The van der Waals surface area contributed by atoms with Crippen molar-refractivity contribution in [1.29, 1.82) is 0 Å². The van der Waals surface area contributed by atoms with Crippen molar-refractivity contribution in [2.75, 3.05) is 0 Å². The average molecular weight is 330 g/mol. The van der Waals surface area contributed by atoms with Crippen LogP contribution in [-0.4, -0.2) is 0 Å². The lowest BCUT2D eigenvalue weighted by molar-refractivity contribution is 1.66. The first-order valence-corrected chi connectivity index (χ1v) is 8.95. The summed E-state index contributed by atoms with van der Waals surface area (Å²) in [7, 11) is 0. The van der Waals surface area contributed by atoms with Gasteiger partial charge in [0.05, 0.1) is 0 Å². The maximum Gasteiger partial charge on any atom is -0.0105 e. The van der Waals surface area contributed by atoms with E-state index in [2.05, 4.69) is 103 Å². The number of rotatable bonds is 2. The van der Waals surface area contributed by atoms with Gasteiger partial charge >= 0.3 is 0 Å². The zero-order valence-corrected chi connectivity index (χ0v) is 14.4. The van der Waals surface area contributed by atoms with Gasteiger partial charge in [0.25, 0.3) is 0 Å². The number of fused-ring (bicyclic) bond motifs is 3. The molecule has 5 aromatic carbocycles. The van der Waals surface area contributed by atoms with Crippen molar-refractivity contribution in [3.63, 3.8) is 0 Å². The molecule has 26 heavy (non-hydrogen) atoms. The fourth-order valence-corrected chi connectivity index (χ4v) is 3.64. The summed E-state index contributed by atoms with van der Waals surface area (Å²) in [6, 6.07) is 34.7. The maximum atomic E-state index is 2.32. The highest BCUT2D eigenvalue weighted by Crippen LogP contribution is 2.29. The van der Waals surface area contributed by atoms with Crippen LogP contribution >= 0.6 is 0 Å². The monoisotopic (exact) mass is 330 g/mol. The van der Waals surface area contributed by atoms with Crippen LogP contribution in [0.3, 0.4) is 0 Å². The highest BCUT2D eigenvalue weighted by atomic mass is 14.1. The third-order valence-electron chi connectivity index (χ3n) is 4.99. The van der Waals surface area contributed by atoms with Crippen LogP contribution in [-0.2, 0) is 0 Å². The van der Waals surface area contributed by atoms with E-state index in [4.69, 9.17) is 0 Å². The van der Waals surface area contributed by atoms with Crippen LogP contribution < -0.4 is 0 Å². The van der Waals surface area contributed by atoms with Crippen molar-refractivity contribution in [2.24, 2.45) is 0 Å². The summed E-state index contributed by atoms with van der Waals surface area (Å²) >= 11 is 0. The Morgan fingerprint density at radius 3 is 1.81 bits per heavy atom. The van der Waals surface area contributed by atoms with Crippen molar-refractivity contribution >= 4 is 44.5 Å². The second kappa shape index (κ2) is 6.16. The molecule has 0 unspecified atom stereocenters. The average Bonchev–Trinajstić information content (AvgIpc) is 2.70. The van der Waals surface area contributed by atoms with E-state index in [1.54, 1.807) is 0 Å². The van der Waals surface area contributed by atoms with Gasteiger partial charge in [0, 0.05) is 0 Å². The van der Waals surface area contributed by atoms with Gasteiger partial charge in [0.1, 0.15) is 0 Å². The van der Waals surface area contributed by atoms with Gasteiger partial charge in [-0.2, -0.15) is 0 Å². The lowest BCUT2D eigenvalue weighted by atomic mass is 9.97. The predicted octanol–water partition coefficient (Wildman–Crippen LogP) is 7.32. The molecule has 0 aliphatic rings. The largest absolute Gasteiger partial charge is 0.0622 e. The molecule has 0 saturated carbocycles. The Morgan fingerprint density at radius 1 is 0.423 bits per heavy atom. The summed E-state index contributed by atoms with van der Waals surface area (Å²) in [5.41, 5.74) is 2.47. The molecular weight excluding hydrogens is 312 g/mol. The Hall–Kier alpha value is -3.38. The summed E-state index contributed by atoms with van der Waals surface area (Å²) in [6.45, 7) is 0. The van der Waals surface area contributed by atoms with E-state index in [-0.39, 0.29) is 0 Å². The van der Waals surface area contributed by atoms with Crippen molar-refractivity contribution in [2.45, 2.75) is 0 Å². The molecule has 0 N–H and O–H groups in total. The molecule has 0 fully saturated rings. The first kappa shape index (κ1) is 14.9. The molecule has 0 radical (unpaired) electrons. The molecule has 0 heterocycles. The predicted molar refractivity (Wildman–Crippen MR) is 114 cm³/mol. The molecule has 0 heteroatoms. The molecule has 0 nitrogen and oxygen atoms in total. The van der Waals surface area contributed by atoms with Crippen molar-refractivity contribution < 1.29 is 0 Å². The van der Waals surface area contributed by atoms with E-state index in [1.165, 1.54) is 43.4 Å². The van der Waals surface area contributed by atoms with E-state index >= 15 is 0 Å². The smallest absolute Gasteiger partial charge is 0.0105 e. The summed E-state index contributed by atoms with van der Waals surface area (Å²) in [5.74, 6) is 0. The van der Waals surface area contributed by atoms with Crippen LogP contribution in [0.4, 0.5) is 0 Å². The molecule has 5 rings (SSSR count). The third-order valence-corrected chi connectivity index (χ3v) is 4.99. The van der Waals surface area contributed by atoms with Gasteiger partial charge in [0.2, 0.25) is 0 Å². The number of hydrogen-bond donors (Lipinski definition) is 0. The van der Waals surface area contributed by atoms with Crippen LogP contribution in [0.5, 0.6) is 0 Å². The minimum Gasteiger partial charge on any atom is -0.0622 e. The molecule has 0 amide bonds. The molecule has 0 aliphatic carbocycles. The van der Waals surface area contributed by atoms with Crippen LogP contribution in [0, 0.1) is 0 Å². The lowest BCUT2D eigenvalue weighted by Gasteiger charge is -2.07. The van der Waals surface area contributed by atoms with E-state index in [0.717, 1.165) is 0 Å². The molecular formula is C26H18. The molecule has 0 bridgehead atoms. The molecule has 0 atom stereocenters. The topological polar surface area (TPSA) is 0 Å². The van der Waals surface area contributed by atoms with Crippen LogP contribution in [0.1, 0.15) is 11.1 Å². The Bertz CT molecular complexity index is 1260. The first-order chi connectivity index (χ1) is 12.9. The van der Waals surface area contributed by atoms with Gasteiger partial charge < -0.3 is 0 Å². The minimum absolute atomic E-state index is 1.22.